The minimum Gasteiger partial charge on any atom is -0.493 e. The Morgan fingerprint density at radius 3 is 2.55 bits per heavy atom. The van der Waals surface area contributed by atoms with Crippen molar-refractivity contribution < 1.29 is 14.2 Å². The highest BCUT2D eigenvalue weighted by Gasteiger charge is 2.21. The minimum atomic E-state index is 0.299. The van der Waals surface area contributed by atoms with Crippen LogP contribution in [0.2, 0.25) is 0 Å². The second-order valence-electron chi connectivity index (χ2n) is 5.52. The summed E-state index contributed by atoms with van der Waals surface area (Å²) in [5.74, 6) is 1.61. The molecule has 1 aromatic carbocycles. The predicted molar refractivity (Wildman–Crippen MR) is 79.7 cm³/mol. The highest BCUT2D eigenvalue weighted by atomic mass is 16.5. The first kappa shape index (κ1) is 15.1. The molecule has 0 unspecified atom stereocenters. The van der Waals surface area contributed by atoms with Gasteiger partial charge in [0.25, 0.3) is 0 Å². The van der Waals surface area contributed by atoms with E-state index in [9.17, 15) is 0 Å². The third-order valence-corrected chi connectivity index (χ3v) is 3.48. The fourth-order valence-electron chi connectivity index (χ4n) is 2.65. The molecule has 0 amide bonds. The Kier molecular flexibility index (Phi) is 5.26. The lowest BCUT2D eigenvalue weighted by atomic mass is 10.2. The molecule has 4 heteroatoms. The van der Waals surface area contributed by atoms with E-state index in [1.165, 1.54) is 5.56 Å². The van der Waals surface area contributed by atoms with Crippen molar-refractivity contribution in [3.05, 3.63) is 23.8 Å². The molecule has 112 valence electrons. The van der Waals surface area contributed by atoms with Crippen LogP contribution in [-0.2, 0) is 4.74 Å². The lowest BCUT2D eigenvalue weighted by Gasteiger charge is -2.35. The van der Waals surface area contributed by atoms with Crippen LogP contribution in [0.25, 0.3) is 0 Å². The Morgan fingerprint density at radius 1 is 1.20 bits per heavy atom. The maximum atomic E-state index is 5.85. The molecular weight excluding hydrogens is 254 g/mol. The quantitative estimate of drug-likeness (QED) is 0.828. The first-order valence-corrected chi connectivity index (χ1v) is 7.23. The van der Waals surface area contributed by atoms with E-state index >= 15 is 0 Å². The van der Waals surface area contributed by atoms with Crippen LogP contribution in [-0.4, -0.2) is 50.5 Å². The molecule has 0 saturated carbocycles. The van der Waals surface area contributed by atoms with Crippen molar-refractivity contribution >= 4 is 0 Å². The van der Waals surface area contributed by atoms with Crippen molar-refractivity contribution in [3.63, 3.8) is 0 Å². The number of hydrogen-bond donors (Lipinski definition) is 0. The number of hydrogen-bond acceptors (Lipinski definition) is 4. The van der Waals surface area contributed by atoms with Gasteiger partial charge in [-0.25, -0.2) is 0 Å². The van der Waals surface area contributed by atoms with E-state index in [1.807, 2.05) is 25.1 Å². The van der Waals surface area contributed by atoms with E-state index in [-0.39, 0.29) is 0 Å². The summed E-state index contributed by atoms with van der Waals surface area (Å²) in [5, 5.41) is 0. The van der Waals surface area contributed by atoms with Gasteiger partial charge in [0, 0.05) is 19.6 Å². The minimum absolute atomic E-state index is 0.299. The largest absolute Gasteiger partial charge is 0.493 e. The van der Waals surface area contributed by atoms with Gasteiger partial charge in [-0.2, -0.15) is 0 Å². The summed E-state index contributed by atoms with van der Waals surface area (Å²) in [5.41, 5.74) is 1.17. The number of ether oxygens (including phenoxy) is 3. The number of nitrogens with zero attached hydrogens (tertiary/aromatic N) is 1. The molecule has 1 heterocycles. The van der Waals surface area contributed by atoms with Crippen LogP contribution in [0.15, 0.2) is 18.2 Å². The molecule has 0 radical (unpaired) electrons. The Labute approximate surface area is 121 Å². The van der Waals surface area contributed by atoms with Crippen LogP contribution < -0.4 is 9.47 Å². The third kappa shape index (κ3) is 4.12. The van der Waals surface area contributed by atoms with Crippen LogP contribution in [0.3, 0.4) is 0 Å². The summed E-state index contributed by atoms with van der Waals surface area (Å²) in [4.78, 5) is 2.39. The van der Waals surface area contributed by atoms with Crippen molar-refractivity contribution in [2.45, 2.75) is 33.0 Å². The van der Waals surface area contributed by atoms with E-state index in [0.29, 0.717) is 18.8 Å². The molecule has 0 aromatic heterocycles. The lowest BCUT2D eigenvalue weighted by molar-refractivity contribution is -0.0699. The van der Waals surface area contributed by atoms with Crippen LogP contribution in [0, 0.1) is 6.92 Å². The van der Waals surface area contributed by atoms with Crippen molar-refractivity contribution in [2.75, 3.05) is 33.4 Å². The molecule has 1 aliphatic rings. The smallest absolute Gasteiger partial charge is 0.161 e. The molecular formula is C16H25NO3. The molecule has 0 aliphatic carbocycles. The zero-order valence-corrected chi connectivity index (χ0v) is 12.9. The summed E-state index contributed by atoms with van der Waals surface area (Å²) in [6.07, 6.45) is 0.598. The summed E-state index contributed by atoms with van der Waals surface area (Å²) >= 11 is 0. The number of aryl methyl sites for hydroxylation is 1. The molecule has 0 N–H and O–H groups in total. The van der Waals surface area contributed by atoms with Gasteiger partial charge in [0.2, 0.25) is 0 Å². The first-order chi connectivity index (χ1) is 9.58. The van der Waals surface area contributed by atoms with Crippen molar-refractivity contribution in [1.82, 2.24) is 4.90 Å². The fourth-order valence-corrected chi connectivity index (χ4v) is 2.65. The molecule has 0 spiro atoms. The molecule has 1 aliphatic heterocycles. The first-order valence-electron chi connectivity index (χ1n) is 7.23. The summed E-state index contributed by atoms with van der Waals surface area (Å²) in [6.45, 7) is 9.80. The Balaban J connectivity index is 1.83. The topological polar surface area (TPSA) is 30.9 Å². The standard InChI is InChI=1S/C16H25NO3/c1-12-5-6-15(16(9-12)18-4)19-8-7-17-10-13(2)20-14(3)11-17/h5-6,9,13-14H,7-8,10-11H2,1-4H3/t13-,14+. The Bertz CT molecular complexity index is 426. The number of methoxy groups -OCH3 is 1. The summed E-state index contributed by atoms with van der Waals surface area (Å²) in [6, 6.07) is 6.00. The van der Waals surface area contributed by atoms with E-state index < -0.39 is 0 Å². The maximum Gasteiger partial charge on any atom is 0.161 e. The summed E-state index contributed by atoms with van der Waals surface area (Å²) in [7, 11) is 1.67. The van der Waals surface area contributed by atoms with E-state index in [2.05, 4.69) is 18.7 Å². The van der Waals surface area contributed by atoms with Crippen molar-refractivity contribution in [1.29, 1.82) is 0 Å². The Hall–Kier alpha value is -1.26. The van der Waals surface area contributed by atoms with Crippen LogP contribution in [0.4, 0.5) is 0 Å². The van der Waals surface area contributed by atoms with Crippen molar-refractivity contribution in [2.24, 2.45) is 0 Å². The van der Waals surface area contributed by atoms with Crippen LogP contribution >= 0.6 is 0 Å². The molecule has 1 fully saturated rings. The number of benzene rings is 1. The third-order valence-electron chi connectivity index (χ3n) is 3.48. The molecule has 4 nitrogen and oxygen atoms in total. The fraction of sp³-hybridized carbons (Fsp3) is 0.625. The number of rotatable bonds is 5. The van der Waals surface area contributed by atoms with Gasteiger partial charge in [-0.15, -0.1) is 0 Å². The van der Waals surface area contributed by atoms with Crippen LogP contribution in [0.5, 0.6) is 11.5 Å². The maximum absolute atomic E-state index is 5.85. The van der Waals surface area contributed by atoms with Crippen molar-refractivity contribution in [3.8, 4) is 11.5 Å². The molecule has 20 heavy (non-hydrogen) atoms. The molecule has 1 aromatic rings. The van der Waals surface area contributed by atoms with Gasteiger partial charge in [0.05, 0.1) is 19.3 Å². The zero-order valence-electron chi connectivity index (χ0n) is 12.9. The lowest BCUT2D eigenvalue weighted by Crippen LogP contribution is -2.46. The normalized spacial score (nSPS) is 23.6. The SMILES string of the molecule is COc1cc(C)ccc1OCCN1C[C@@H](C)O[C@@H](C)C1. The van der Waals surface area contributed by atoms with Gasteiger partial charge in [0.15, 0.2) is 11.5 Å². The molecule has 2 atom stereocenters. The van der Waals surface area contributed by atoms with Crippen LogP contribution in [0.1, 0.15) is 19.4 Å². The monoisotopic (exact) mass is 279 g/mol. The predicted octanol–water partition coefficient (Wildman–Crippen LogP) is 2.49. The highest BCUT2D eigenvalue weighted by Crippen LogP contribution is 2.27. The van der Waals surface area contributed by atoms with Gasteiger partial charge in [-0.05, 0) is 38.5 Å². The molecule has 1 saturated heterocycles. The Morgan fingerprint density at radius 2 is 1.90 bits per heavy atom. The highest BCUT2D eigenvalue weighted by molar-refractivity contribution is 5.42. The summed E-state index contributed by atoms with van der Waals surface area (Å²) < 4.78 is 16.9. The van der Waals surface area contributed by atoms with E-state index in [1.54, 1.807) is 7.11 Å². The van der Waals surface area contributed by atoms with Gasteiger partial charge in [-0.1, -0.05) is 6.07 Å². The average Bonchev–Trinajstić information content (AvgIpc) is 2.39. The van der Waals surface area contributed by atoms with E-state index in [0.717, 1.165) is 31.1 Å². The second-order valence-corrected chi connectivity index (χ2v) is 5.52. The van der Waals surface area contributed by atoms with Gasteiger partial charge in [0.1, 0.15) is 6.61 Å². The zero-order chi connectivity index (χ0) is 14.5. The molecule has 2 rings (SSSR count). The van der Waals surface area contributed by atoms with E-state index in [4.69, 9.17) is 14.2 Å². The number of morpholine rings is 1. The molecule has 0 bridgehead atoms. The van der Waals surface area contributed by atoms with Gasteiger partial charge >= 0.3 is 0 Å². The van der Waals surface area contributed by atoms with Gasteiger partial charge in [-0.3, -0.25) is 4.90 Å². The van der Waals surface area contributed by atoms with Gasteiger partial charge < -0.3 is 14.2 Å². The second kappa shape index (κ2) is 6.95. The average molecular weight is 279 g/mol.